The van der Waals surface area contributed by atoms with Crippen molar-refractivity contribution in [1.82, 2.24) is 0 Å². The zero-order chi connectivity index (χ0) is 8.77. The van der Waals surface area contributed by atoms with Gasteiger partial charge in [0.05, 0.1) is 6.61 Å². The minimum Gasteiger partial charge on any atom is -0.367 e. The molecule has 1 N–H and O–H groups in total. The van der Waals surface area contributed by atoms with Crippen LogP contribution >= 0.6 is 0 Å². The van der Waals surface area contributed by atoms with Crippen molar-refractivity contribution < 1.29 is 9.84 Å². The summed E-state index contributed by atoms with van der Waals surface area (Å²) >= 11 is 0. The smallest absolute Gasteiger partial charge is 0.160 e. The molecular formula is C10H16O2. The van der Waals surface area contributed by atoms with Crippen LogP contribution in [0.2, 0.25) is 0 Å². The first kappa shape index (κ1) is 8.27. The Labute approximate surface area is 73.2 Å². The lowest BCUT2D eigenvalue weighted by Gasteiger charge is -2.35. The summed E-state index contributed by atoms with van der Waals surface area (Å²) in [6, 6.07) is 0. The summed E-state index contributed by atoms with van der Waals surface area (Å²) < 4.78 is 5.26. The van der Waals surface area contributed by atoms with Crippen LogP contribution in [-0.4, -0.2) is 18.0 Å². The van der Waals surface area contributed by atoms with E-state index in [9.17, 15) is 5.11 Å². The summed E-state index contributed by atoms with van der Waals surface area (Å²) in [5.74, 6) is 0.992. The maximum Gasteiger partial charge on any atom is 0.160 e. The van der Waals surface area contributed by atoms with Crippen molar-refractivity contribution in [3.8, 4) is 0 Å². The van der Waals surface area contributed by atoms with Crippen molar-refractivity contribution in [3.05, 3.63) is 12.2 Å². The van der Waals surface area contributed by atoms with E-state index in [0.29, 0.717) is 18.4 Å². The van der Waals surface area contributed by atoms with Crippen LogP contribution < -0.4 is 0 Å². The molecule has 12 heavy (non-hydrogen) atoms. The lowest BCUT2D eigenvalue weighted by molar-refractivity contribution is -0.118. The normalized spacial score (nSPS) is 52.4. The van der Waals surface area contributed by atoms with Gasteiger partial charge in [-0.15, -0.1) is 0 Å². The van der Waals surface area contributed by atoms with E-state index in [1.54, 1.807) is 0 Å². The second-order valence-electron chi connectivity index (χ2n) is 4.36. The van der Waals surface area contributed by atoms with Crippen LogP contribution in [0.4, 0.5) is 0 Å². The molecule has 1 aliphatic heterocycles. The Hall–Kier alpha value is -0.340. The van der Waals surface area contributed by atoms with E-state index in [1.165, 1.54) is 0 Å². The molecule has 1 aliphatic carbocycles. The van der Waals surface area contributed by atoms with E-state index in [0.717, 1.165) is 6.42 Å². The zero-order valence-electron chi connectivity index (χ0n) is 7.66. The zero-order valence-corrected chi connectivity index (χ0v) is 7.66. The van der Waals surface area contributed by atoms with Gasteiger partial charge in [0.25, 0.3) is 0 Å². The lowest BCUT2D eigenvalue weighted by Crippen LogP contribution is -2.36. The predicted molar refractivity (Wildman–Crippen MR) is 46.5 cm³/mol. The van der Waals surface area contributed by atoms with Crippen molar-refractivity contribution >= 4 is 0 Å². The molecule has 1 saturated heterocycles. The molecule has 68 valence electrons. The van der Waals surface area contributed by atoms with E-state index < -0.39 is 6.29 Å². The highest BCUT2D eigenvalue weighted by Gasteiger charge is 2.47. The summed E-state index contributed by atoms with van der Waals surface area (Å²) in [5.41, 5.74) is -0.0336. The summed E-state index contributed by atoms with van der Waals surface area (Å²) in [6.45, 7) is 4.99. The third-order valence-corrected chi connectivity index (χ3v) is 3.28. The molecule has 2 heteroatoms. The van der Waals surface area contributed by atoms with Gasteiger partial charge in [0, 0.05) is 11.3 Å². The van der Waals surface area contributed by atoms with Crippen molar-refractivity contribution in [3.63, 3.8) is 0 Å². The molecule has 0 radical (unpaired) electrons. The first-order chi connectivity index (χ1) is 5.63. The Bertz CT molecular complexity index is 212. The van der Waals surface area contributed by atoms with E-state index in [4.69, 9.17) is 4.74 Å². The third-order valence-electron chi connectivity index (χ3n) is 3.28. The molecule has 4 atom stereocenters. The van der Waals surface area contributed by atoms with Crippen molar-refractivity contribution in [2.75, 3.05) is 6.61 Å². The standard InChI is InChI=1S/C10H16O2/c1-7-3-4-8-6-12-9(11)10(8,2)5-7/h3-4,7-9,11H,5-6H2,1-2H3/t7-,8-,9?,10-/m1/s1. The number of allylic oxidation sites excluding steroid dienone is 1. The molecule has 2 nitrogen and oxygen atoms in total. The quantitative estimate of drug-likeness (QED) is 0.556. The Balaban J connectivity index is 2.26. The number of hydrogen-bond donors (Lipinski definition) is 1. The molecule has 0 aromatic carbocycles. The van der Waals surface area contributed by atoms with Crippen LogP contribution in [0.5, 0.6) is 0 Å². The Morgan fingerprint density at radius 3 is 3.00 bits per heavy atom. The monoisotopic (exact) mass is 168 g/mol. The van der Waals surface area contributed by atoms with Gasteiger partial charge >= 0.3 is 0 Å². The molecule has 0 amide bonds. The van der Waals surface area contributed by atoms with E-state index >= 15 is 0 Å². The first-order valence-corrected chi connectivity index (χ1v) is 4.61. The lowest BCUT2D eigenvalue weighted by atomic mass is 9.69. The van der Waals surface area contributed by atoms with Gasteiger partial charge in [-0.1, -0.05) is 26.0 Å². The maximum absolute atomic E-state index is 9.65. The second-order valence-corrected chi connectivity index (χ2v) is 4.36. The highest BCUT2D eigenvalue weighted by Crippen LogP contribution is 2.47. The summed E-state index contributed by atoms with van der Waals surface area (Å²) in [6.07, 6.45) is 4.91. The van der Waals surface area contributed by atoms with Gasteiger partial charge in [0.2, 0.25) is 0 Å². The molecule has 1 unspecified atom stereocenters. The molecular weight excluding hydrogens is 152 g/mol. The number of aliphatic hydroxyl groups is 1. The van der Waals surface area contributed by atoms with Crippen LogP contribution in [0.15, 0.2) is 12.2 Å². The minimum atomic E-state index is -0.560. The van der Waals surface area contributed by atoms with Gasteiger partial charge in [-0.2, -0.15) is 0 Å². The largest absolute Gasteiger partial charge is 0.367 e. The molecule has 0 aromatic rings. The van der Waals surface area contributed by atoms with E-state index in [2.05, 4.69) is 26.0 Å². The van der Waals surface area contributed by atoms with Crippen molar-refractivity contribution in [1.29, 1.82) is 0 Å². The van der Waals surface area contributed by atoms with Crippen LogP contribution in [0.1, 0.15) is 20.3 Å². The average molecular weight is 168 g/mol. The van der Waals surface area contributed by atoms with Crippen LogP contribution in [0, 0.1) is 17.3 Å². The summed E-state index contributed by atoms with van der Waals surface area (Å²) in [7, 11) is 0. The highest BCUT2D eigenvalue weighted by atomic mass is 16.6. The summed E-state index contributed by atoms with van der Waals surface area (Å²) in [4.78, 5) is 0. The van der Waals surface area contributed by atoms with Crippen LogP contribution in [0.25, 0.3) is 0 Å². The van der Waals surface area contributed by atoms with Crippen molar-refractivity contribution in [2.24, 2.45) is 17.3 Å². The fourth-order valence-electron chi connectivity index (χ4n) is 2.37. The van der Waals surface area contributed by atoms with Crippen LogP contribution in [0.3, 0.4) is 0 Å². The molecule has 0 bridgehead atoms. The average Bonchev–Trinajstić information content (AvgIpc) is 2.28. The number of hydrogen-bond acceptors (Lipinski definition) is 2. The molecule has 0 spiro atoms. The fourth-order valence-corrected chi connectivity index (χ4v) is 2.37. The number of ether oxygens (including phenoxy) is 1. The van der Waals surface area contributed by atoms with Crippen molar-refractivity contribution in [2.45, 2.75) is 26.6 Å². The first-order valence-electron chi connectivity index (χ1n) is 4.61. The van der Waals surface area contributed by atoms with Gasteiger partial charge in [-0.25, -0.2) is 0 Å². The molecule has 1 heterocycles. The molecule has 2 rings (SSSR count). The Kier molecular flexibility index (Phi) is 1.77. The number of fused-ring (bicyclic) bond motifs is 1. The van der Waals surface area contributed by atoms with Gasteiger partial charge in [0.15, 0.2) is 6.29 Å². The summed E-state index contributed by atoms with van der Waals surface area (Å²) in [5, 5.41) is 9.65. The Morgan fingerprint density at radius 1 is 1.50 bits per heavy atom. The maximum atomic E-state index is 9.65. The number of rotatable bonds is 0. The topological polar surface area (TPSA) is 29.5 Å². The SMILES string of the molecule is C[C@@H]1C=C[C@@H]2COC(O)[C@]2(C)C1. The second kappa shape index (κ2) is 2.57. The predicted octanol–water partition coefficient (Wildman–Crippen LogP) is 1.55. The molecule has 2 aliphatic rings. The minimum absolute atomic E-state index is 0.0336. The highest BCUT2D eigenvalue weighted by molar-refractivity contribution is 5.08. The van der Waals surface area contributed by atoms with Gasteiger partial charge in [-0.05, 0) is 12.3 Å². The van der Waals surface area contributed by atoms with E-state index in [-0.39, 0.29) is 5.41 Å². The third kappa shape index (κ3) is 1.02. The number of aliphatic hydroxyl groups excluding tert-OH is 1. The van der Waals surface area contributed by atoms with E-state index in [1.807, 2.05) is 0 Å². The molecule has 0 aromatic heterocycles. The van der Waals surface area contributed by atoms with Gasteiger partial charge in [-0.3, -0.25) is 0 Å². The fraction of sp³-hybridized carbons (Fsp3) is 0.800. The molecule has 0 saturated carbocycles. The Morgan fingerprint density at radius 2 is 2.25 bits per heavy atom. The van der Waals surface area contributed by atoms with Gasteiger partial charge in [0.1, 0.15) is 0 Å². The van der Waals surface area contributed by atoms with Gasteiger partial charge < -0.3 is 9.84 Å². The molecule has 1 fully saturated rings. The van der Waals surface area contributed by atoms with Crippen LogP contribution in [-0.2, 0) is 4.74 Å².